The first-order valence-electron chi connectivity index (χ1n) is 14.4. The highest BCUT2D eigenvalue weighted by Crippen LogP contribution is 2.25. The molecule has 40 heavy (non-hydrogen) atoms. The van der Waals surface area contributed by atoms with Crippen LogP contribution in [-0.4, -0.2) is 89.5 Å². The fourth-order valence-corrected chi connectivity index (χ4v) is 5.35. The second-order valence-electron chi connectivity index (χ2n) is 11.3. The summed E-state index contributed by atoms with van der Waals surface area (Å²) in [5, 5.41) is 10.1. The Bertz CT molecular complexity index is 1270. The lowest BCUT2D eigenvalue weighted by Crippen LogP contribution is -2.49. The molecule has 0 unspecified atom stereocenters. The first-order valence-corrected chi connectivity index (χ1v) is 14.4. The number of aromatic nitrogens is 2. The molecule has 0 saturated carbocycles. The molecule has 5 aliphatic heterocycles. The maximum absolute atomic E-state index is 12.5. The molecule has 0 atom stereocenters. The molecular weight excluding hydrogens is 500 g/mol. The minimum atomic E-state index is 0.120. The van der Waals surface area contributed by atoms with Gasteiger partial charge in [-0.1, -0.05) is 24.3 Å². The zero-order valence-corrected chi connectivity index (χ0v) is 24.0. The summed E-state index contributed by atoms with van der Waals surface area (Å²) in [6.45, 7) is 11.8. The van der Waals surface area contributed by atoms with Gasteiger partial charge in [0, 0.05) is 75.0 Å². The second-order valence-corrected chi connectivity index (χ2v) is 11.3. The quantitative estimate of drug-likeness (QED) is 0.451. The molecule has 0 spiro atoms. The van der Waals surface area contributed by atoms with Crippen molar-refractivity contribution < 1.29 is 4.79 Å². The molecule has 0 radical (unpaired) electrons. The number of benzene rings is 2. The van der Waals surface area contributed by atoms with Crippen LogP contribution < -0.4 is 16.0 Å². The fourth-order valence-electron chi connectivity index (χ4n) is 5.35. The van der Waals surface area contributed by atoms with E-state index in [4.69, 9.17) is 4.98 Å². The number of hydrogen-bond donors (Lipinski definition) is 3. The third kappa shape index (κ3) is 8.00. The van der Waals surface area contributed by atoms with E-state index in [-0.39, 0.29) is 5.91 Å². The molecule has 212 valence electrons. The van der Waals surface area contributed by atoms with E-state index in [0.717, 1.165) is 74.9 Å². The number of amides is 1. The average Bonchev–Trinajstić information content (AvgIpc) is 2.92. The van der Waals surface area contributed by atoms with Gasteiger partial charge in [0.05, 0.1) is 12.2 Å². The largest absolute Gasteiger partial charge is 0.383 e. The van der Waals surface area contributed by atoms with Gasteiger partial charge in [0.15, 0.2) is 0 Å². The van der Waals surface area contributed by atoms with Crippen molar-refractivity contribution in [3.8, 4) is 11.3 Å². The summed E-state index contributed by atoms with van der Waals surface area (Å²) in [6, 6.07) is 17.4. The number of hydrogen-bond acceptors (Lipinski definition) is 8. The Labute approximate surface area is 238 Å². The third-order valence-corrected chi connectivity index (χ3v) is 7.34. The van der Waals surface area contributed by atoms with Gasteiger partial charge >= 0.3 is 0 Å². The van der Waals surface area contributed by atoms with Crippen LogP contribution in [-0.2, 0) is 17.9 Å². The Balaban J connectivity index is 1.40. The standard InChI is InChI=1S/C31H42N8O/c1-23(2)34-27-17-25-18-28(19-27)35-31-33-11-9-29(36-31)26-7-5-24(6-8-26)20-37(3)12-4-10-32-30(40)22-39-15-13-38(21-25)14-16-39/h5-9,11,17-19,23,34H,4,10,12-16,20-22H2,1-3H3,(H,32,40)(H,33,35,36). The summed E-state index contributed by atoms with van der Waals surface area (Å²) in [4.78, 5) is 28.9. The van der Waals surface area contributed by atoms with Crippen molar-refractivity contribution in [1.82, 2.24) is 30.0 Å². The maximum Gasteiger partial charge on any atom is 0.234 e. The summed E-state index contributed by atoms with van der Waals surface area (Å²) >= 11 is 0. The van der Waals surface area contributed by atoms with Gasteiger partial charge in [0.1, 0.15) is 0 Å². The van der Waals surface area contributed by atoms with Gasteiger partial charge in [-0.2, -0.15) is 0 Å². The molecule has 3 aromatic rings. The van der Waals surface area contributed by atoms with E-state index in [1.54, 1.807) is 0 Å². The van der Waals surface area contributed by atoms with Crippen LogP contribution in [0.4, 0.5) is 17.3 Å². The summed E-state index contributed by atoms with van der Waals surface area (Å²) in [5.41, 5.74) is 6.45. The maximum atomic E-state index is 12.5. The van der Waals surface area contributed by atoms with Gasteiger partial charge in [0.25, 0.3) is 0 Å². The molecule has 9 heteroatoms. The molecule has 1 fully saturated rings. The van der Waals surface area contributed by atoms with Gasteiger partial charge in [0.2, 0.25) is 11.9 Å². The lowest BCUT2D eigenvalue weighted by molar-refractivity contribution is -0.122. The number of carbonyl (C=O) groups is 1. The Kier molecular flexibility index (Phi) is 9.26. The molecule has 2 aromatic carbocycles. The smallest absolute Gasteiger partial charge is 0.234 e. The Morgan fingerprint density at radius 3 is 2.38 bits per heavy atom. The number of piperazine rings is 1. The van der Waals surface area contributed by atoms with Crippen LogP contribution in [0.15, 0.2) is 54.7 Å². The van der Waals surface area contributed by atoms with Crippen molar-refractivity contribution in [2.24, 2.45) is 0 Å². The molecule has 0 aliphatic carbocycles. The van der Waals surface area contributed by atoms with Crippen molar-refractivity contribution in [1.29, 1.82) is 0 Å². The summed E-state index contributed by atoms with van der Waals surface area (Å²) < 4.78 is 0. The van der Waals surface area contributed by atoms with E-state index >= 15 is 0 Å². The zero-order valence-electron chi connectivity index (χ0n) is 24.0. The minimum absolute atomic E-state index is 0.120. The molecular formula is C31H42N8O. The van der Waals surface area contributed by atoms with Crippen LogP contribution in [0.3, 0.4) is 0 Å². The molecule has 9 nitrogen and oxygen atoms in total. The molecule has 1 aromatic heterocycles. The van der Waals surface area contributed by atoms with Crippen molar-refractivity contribution in [2.75, 3.05) is 63.5 Å². The Morgan fingerprint density at radius 2 is 1.62 bits per heavy atom. The van der Waals surface area contributed by atoms with Crippen molar-refractivity contribution in [2.45, 2.75) is 39.4 Å². The third-order valence-electron chi connectivity index (χ3n) is 7.34. The highest BCUT2D eigenvalue weighted by molar-refractivity contribution is 5.78. The van der Waals surface area contributed by atoms with E-state index in [1.165, 1.54) is 11.1 Å². The van der Waals surface area contributed by atoms with E-state index in [0.29, 0.717) is 25.1 Å². The summed E-state index contributed by atoms with van der Waals surface area (Å²) in [6.07, 6.45) is 2.74. The van der Waals surface area contributed by atoms with E-state index in [9.17, 15) is 4.79 Å². The van der Waals surface area contributed by atoms with Crippen LogP contribution in [0.1, 0.15) is 31.4 Å². The second kappa shape index (κ2) is 13.2. The fraction of sp³-hybridized carbons (Fsp3) is 0.452. The van der Waals surface area contributed by atoms with Crippen molar-refractivity contribution >= 4 is 23.2 Å². The summed E-state index contributed by atoms with van der Waals surface area (Å²) in [5.74, 6) is 0.699. The minimum Gasteiger partial charge on any atom is -0.383 e. The summed E-state index contributed by atoms with van der Waals surface area (Å²) in [7, 11) is 2.12. The number of anilines is 3. The van der Waals surface area contributed by atoms with Crippen LogP contribution in [0.5, 0.6) is 0 Å². The first-order chi connectivity index (χ1) is 19.4. The molecule has 1 saturated heterocycles. The van der Waals surface area contributed by atoms with E-state index in [2.05, 4.69) is 99.0 Å². The number of nitrogens with one attached hydrogen (secondary N) is 3. The molecule has 6 heterocycles. The Hall–Kier alpha value is -3.53. The SMILES string of the molecule is CC(C)Nc1cc2cc(c1)Nc1nccc(n1)-c1ccc(cc1)CN(C)CCCNC(=O)CN1CCN(CC1)C2. The van der Waals surface area contributed by atoms with Gasteiger partial charge in [-0.25, -0.2) is 9.97 Å². The monoisotopic (exact) mass is 542 g/mol. The van der Waals surface area contributed by atoms with Crippen LogP contribution in [0.2, 0.25) is 0 Å². The molecule has 1 amide bonds. The Morgan fingerprint density at radius 1 is 0.875 bits per heavy atom. The predicted octanol–water partition coefficient (Wildman–Crippen LogP) is 3.78. The first kappa shape index (κ1) is 28.0. The van der Waals surface area contributed by atoms with Crippen LogP contribution >= 0.6 is 0 Å². The van der Waals surface area contributed by atoms with Crippen LogP contribution in [0.25, 0.3) is 11.3 Å². The average molecular weight is 543 g/mol. The number of carbonyl (C=O) groups excluding carboxylic acids is 1. The van der Waals surface area contributed by atoms with Crippen molar-refractivity contribution in [3.63, 3.8) is 0 Å². The molecule has 8 bridgehead atoms. The number of rotatable bonds is 2. The van der Waals surface area contributed by atoms with E-state index < -0.39 is 0 Å². The highest BCUT2D eigenvalue weighted by atomic mass is 16.2. The lowest BCUT2D eigenvalue weighted by Gasteiger charge is -2.34. The molecule has 5 aliphatic rings. The lowest BCUT2D eigenvalue weighted by atomic mass is 10.1. The molecule has 8 rings (SSSR count). The van der Waals surface area contributed by atoms with Gasteiger partial charge in [-0.15, -0.1) is 0 Å². The van der Waals surface area contributed by atoms with Gasteiger partial charge in [-0.05, 0) is 69.3 Å². The van der Waals surface area contributed by atoms with Gasteiger partial charge < -0.3 is 20.9 Å². The zero-order chi connectivity index (χ0) is 27.9. The topological polar surface area (TPSA) is 88.7 Å². The number of nitrogens with zero attached hydrogens (tertiary/aromatic N) is 5. The normalized spacial score (nSPS) is 20.9. The van der Waals surface area contributed by atoms with Gasteiger partial charge in [-0.3, -0.25) is 14.6 Å². The highest BCUT2D eigenvalue weighted by Gasteiger charge is 2.19. The predicted molar refractivity (Wildman–Crippen MR) is 162 cm³/mol. The molecule has 3 N–H and O–H groups in total. The van der Waals surface area contributed by atoms with E-state index in [1.807, 2.05) is 12.3 Å². The van der Waals surface area contributed by atoms with Crippen LogP contribution in [0, 0.1) is 0 Å². The van der Waals surface area contributed by atoms with Crippen molar-refractivity contribution in [3.05, 3.63) is 65.9 Å².